The van der Waals surface area contributed by atoms with Crippen LogP contribution in [-0.4, -0.2) is 31.9 Å². The Morgan fingerprint density at radius 3 is 2.75 bits per heavy atom. The summed E-state index contributed by atoms with van der Waals surface area (Å²) in [6, 6.07) is 15.1. The van der Waals surface area contributed by atoms with Crippen molar-refractivity contribution >= 4 is 33.3 Å². The highest BCUT2D eigenvalue weighted by molar-refractivity contribution is 9.10. The molecule has 0 saturated heterocycles. The van der Waals surface area contributed by atoms with Crippen LogP contribution in [0.3, 0.4) is 0 Å². The third kappa shape index (κ3) is 2.86. The maximum Gasteiger partial charge on any atom is 0.254 e. The normalized spacial score (nSPS) is 13.7. The molecule has 7 nitrogen and oxygen atoms in total. The Bertz CT molecular complexity index is 1210. The lowest BCUT2D eigenvalue weighted by Crippen LogP contribution is -2.36. The standard InChI is InChI=1S/C20H16BrN5O2/c21-16-6-5-15(28-16)19-23-18-10-14(9-17(22)26(18)24-19)20(27)25-8-7-12-3-1-2-4-13(12)11-25/h1-6,9-10H,7-8,11,22H2. The molecule has 4 heterocycles. The number of nitrogen functional groups attached to an aromatic ring is 1. The summed E-state index contributed by atoms with van der Waals surface area (Å²) in [5.41, 5.74) is 9.64. The molecule has 28 heavy (non-hydrogen) atoms. The Balaban J connectivity index is 1.48. The van der Waals surface area contributed by atoms with E-state index in [0.717, 1.165) is 6.42 Å². The van der Waals surface area contributed by atoms with E-state index in [4.69, 9.17) is 10.2 Å². The molecular formula is C20H16BrN5O2. The van der Waals surface area contributed by atoms with Crippen molar-refractivity contribution < 1.29 is 9.21 Å². The number of furan rings is 1. The zero-order valence-electron chi connectivity index (χ0n) is 14.8. The maximum atomic E-state index is 13.1. The third-order valence-electron chi connectivity index (χ3n) is 4.92. The van der Waals surface area contributed by atoms with Gasteiger partial charge in [-0.05, 0) is 57.7 Å². The highest BCUT2D eigenvalue weighted by Crippen LogP contribution is 2.25. The molecule has 1 aliphatic rings. The summed E-state index contributed by atoms with van der Waals surface area (Å²) in [7, 11) is 0. The lowest BCUT2D eigenvalue weighted by molar-refractivity contribution is 0.0734. The molecule has 1 aliphatic heterocycles. The van der Waals surface area contributed by atoms with Crippen LogP contribution >= 0.6 is 15.9 Å². The van der Waals surface area contributed by atoms with Crippen LogP contribution in [-0.2, 0) is 13.0 Å². The summed E-state index contributed by atoms with van der Waals surface area (Å²) in [6.07, 6.45) is 0.849. The van der Waals surface area contributed by atoms with E-state index >= 15 is 0 Å². The van der Waals surface area contributed by atoms with Crippen LogP contribution < -0.4 is 5.73 Å². The number of amides is 1. The fourth-order valence-electron chi connectivity index (χ4n) is 3.52. The average Bonchev–Trinajstić information content (AvgIpc) is 3.33. The highest BCUT2D eigenvalue weighted by Gasteiger charge is 2.23. The molecule has 0 bridgehead atoms. The summed E-state index contributed by atoms with van der Waals surface area (Å²) in [5.74, 6) is 1.22. The molecule has 0 saturated carbocycles. The van der Waals surface area contributed by atoms with Crippen molar-refractivity contribution in [2.75, 3.05) is 12.3 Å². The Hall–Kier alpha value is -3.13. The quantitative estimate of drug-likeness (QED) is 0.517. The van der Waals surface area contributed by atoms with Gasteiger partial charge in [0.1, 0.15) is 5.82 Å². The number of halogens is 1. The summed E-state index contributed by atoms with van der Waals surface area (Å²) in [4.78, 5) is 19.4. The molecular weight excluding hydrogens is 422 g/mol. The topological polar surface area (TPSA) is 89.7 Å². The summed E-state index contributed by atoms with van der Waals surface area (Å²) < 4.78 is 7.61. The van der Waals surface area contributed by atoms with Gasteiger partial charge in [0.05, 0.1) is 0 Å². The van der Waals surface area contributed by atoms with Gasteiger partial charge in [-0.2, -0.15) is 4.52 Å². The monoisotopic (exact) mass is 437 g/mol. The van der Waals surface area contributed by atoms with Crippen molar-refractivity contribution in [3.63, 3.8) is 0 Å². The van der Waals surface area contributed by atoms with Gasteiger partial charge in [0.25, 0.3) is 5.91 Å². The number of fused-ring (bicyclic) bond motifs is 2. The average molecular weight is 438 g/mol. The van der Waals surface area contributed by atoms with Gasteiger partial charge in [0, 0.05) is 18.7 Å². The Morgan fingerprint density at radius 2 is 1.96 bits per heavy atom. The summed E-state index contributed by atoms with van der Waals surface area (Å²) in [5, 5.41) is 4.38. The molecule has 5 rings (SSSR count). The first kappa shape index (κ1) is 17.0. The van der Waals surface area contributed by atoms with Crippen LogP contribution in [0.4, 0.5) is 5.82 Å². The van der Waals surface area contributed by atoms with E-state index in [-0.39, 0.29) is 5.91 Å². The molecule has 140 valence electrons. The van der Waals surface area contributed by atoms with E-state index in [0.29, 0.717) is 46.4 Å². The second-order valence-corrected chi connectivity index (χ2v) is 7.51. The zero-order chi connectivity index (χ0) is 19.3. The lowest BCUT2D eigenvalue weighted by Gasteiger charge is -2.29. The van der Waals surface area contributed by atoms with Crippen LogP contribution in [0, 0.1) is 0 Å². The van der Waals surface area contributed by atoms with Crippen molar-refractivity contribution in [3.8, 4) is 11.6 Å². The van der Waals surface area contributed by atoms with E-state index in [2.05, 4.69) is 38.1 Å². The minimum absolute atomic E-state index is 0.0611. The number of nitrogens with zero attached hydrogens (tertiary/aromatic N) is 4. The fourth-order valence-corrected chi connectivity index (χ4v) is 3.83. The number of pyridine rings is 1. The largest absolute Gasteiger partial charge is 0.446 e. The molecule has 0 fully saturated rings. The van der Waals surface area contributed by atoms with Crippen molar-refractivity contribution in [2.24, 2.45) is 0 Å². The van der Waals surface area contributed by atoms with E-state index in [1.165, 1.54) is 15.6 Å². The van der Waals surface area contributed by atoms with Crippen molar-refractivity contribution in [1.82, 2.24) is 19.5 Å². The minimum Gasteiger partial charge on any atom is -0.446 e. The molecule has 0 radical (unpaired) electrons. The Kier molecular flexibility index (Phi) is 3.94. The highest BCUT2D eigenvalue weighted by atomic mass is 79.9. The summed E-state index contributed by atoms with van der Waals surface area (Å²) in [6.45, 7) is 1.28. The van der Waals surface area contributed by atoms with E-state index in [1.54, 1.807) is 24.3 Å². The fraction of sp³-hybridized carbons (Fsp3) is 0.150. The molecule has 4 aromatic rings. The number of carbonyl (C=O) groups is 1. The molecule has 1 aromatic carbocycles. The van der Waals surface area contributed by atoms with Gasteiger partial charge >= 0.3 is 0 Å². The van der Waals surface area contributed by atoms with Gasteiger partial charge in [0.2, 0.25) is 5.82 Å². The second kappa shape index (κ2) is 6.49. The predicted octanol–water partition coefficient (Wildman–Crippen LogP) is 3.53. The molecule has 2 N–H and O–H groups in total. The van der Waals surface area contributed by atoms with Gasteiger partial charge in [-0.25, -0.2) is 4.98 Å². The minimum atomic E-state index is -0.0611. The predicted molar refractivity (Wildman–Crippen MR) is 108 cm³/mol. The molecule has 8 heteroatoms. The number of benzene rings is 1. The van der Waals surface area contributed by atoms with Gasteiger partial charge in [-0.1, -0.05) is 24.3 Å². The van der Waals surface area contributed by atoms with Gasteiger partial charge in [-0.15, -0.1) is 5.10 Å². The lowest BCUT2D eigenvalue weighted by atomic mass is 9.99. The third-order valence-corrected chi connectivity index (χ3v) is 5.35. The number of nitrogens with two attached hydrogens (primary N) is 1. The number of hydrogen-bond acceptors (Lipinski definition) is 5. The molecule has 0 unspecified atom stereocenters. The van der Waals surface area contributed by atoms with Crippen LogP contribution in [0.2, 0.25) is 0 Å². The first-order valence-electron chi connectivity index (χ1n) is 8.86. The van der Waals surface area contributed by atoms with Gasteiger partial charge in [-0.3, -0.25) is 4.79 Å². The van der Waals surface area contributed by atoms with Crippen molar-refractivity contribution in [3.05, 3.63) is 69.9 Å². The zero-order valence-corrected chi connectivity index (χ0v) is 16.4. The van der Waals surface area contributed by atoms with E-state index in [1.807, 2.05) is 17.0 Å². The van der Waals surface area contributed by atoms with Gasteiger partial charge < -0.3 is 15.1 Å². The number of rotatable bonds is 2. The summed E-state index contributed by atoms with van der Waals surface area (Å²) >= 11 is 3.27. The Labute approximate surface area is 168 Å². The number of aromatic nitrogens is 3. The van der Waals surface area contributed by atoms with Crippen LogP contribution in [0.15, 0.2) is 57.6 Å². The maximum absolute atomic E-state index is 13.1. The van der Waals surface area contributed by atoms with E-state index < -0.39 is 0 Å². The Morgan fingerprint density at radius 1 is 1.14 bits per heavy atom. The molecule has 0 aliphatic carbocycles. The smallest absolute Gasteiger partial charge is 0.254 e. The first-order chi connectivity index (χ1) is 13.6. The van der Waals surface area contributed by atoms with Gasteiger partial charge in [0.15, 0.2) is 16.1 Å². The van der Waals surface area contributed by atoms with Crippen molar-refractivity contribution in [2.45, 2.75) is 13.0 Å². The number of anilines is 1. The molecule has 3 aromatic heterocycles. The first-order valence-corrected chi connectivity index (χ1v) is 9.66. The number of carbonyl (C=O) groups excluding carboxylic acids is 1. The number of hydrogen-bond donors (Lipinski definition) is 1. The van der Waals surface area contributed by atoms with Crippen LogP contribution in [0.1, 0.15) is 21.5 Å². The van der Waals surface area contributed by atoms with Crippen LogP contribution in [0.25, 0.3) is 17.2 Å². The van der Waals surface area contributed by atoms with Crippen molar-refractivity contribution in [1.29, 1.82) is 0 Å². The molecule has 1 amide bonds. The SMILES string of the molecule is Nc1cc(C(=O)N2CCc3ccccc3C2)cc2nc(-c3ccc(Br)o3)nn12. The molecule has 0 atom stereocenters. The van der Waals surface area contributed by atoms with Crippen LogP contribution in [0.5, 0.6) is 0 Å². The van der Waals surface area contributed by atoms with E-state index in [9.17, 15) is 4.79 Å². The molecule has 0 spiro atoms. The second-order valence-electron chi connectivity index (χ2n) is 6.72.